The van der Waals surface area contributed by atoms with Gasteiger partial charge in [-0.15, -0.1) is 11.3 Å². The van der Waals surface area contributed by atoms with Crippen molar-refractivity contribution < 1.29 is 9.90 Å². The maximum absolute atomic E-state index is 12.9. The summed E-state index contributed by atoms with van der Waals surface area (Å²) < 4.78 is 1.66. The number of nitrogens with one attached hydrogen (secondary N) is 1. The molecule has 1 aromatic carbocycles. The molecule has 0 spiro atoms. The van der Waals surface area contributed by atoms with Crippen LogP contribution in [-0.2, 0) is 0 Å². The van der Waals surface area contributed by atoms with E-state index in [9.17, 15) is 14.7 Å². The molecule has 0 atom stereocenters. The van der Waals surface area contributed by atoms with E-state index < -0.39 is 5.97 Å². The molecule has 1 fully saturated rings. The van der Waals surface area contributed by atoms with Crippen molar-refractivity contribution >= 4 is 28.1 Å². The molecular weight excluding hydrogens is 362 g/mol. The van der Waals surface area contributed by atoms with Crippen molar-refractivity contribution in [1.82, 2.24) is 9.55 Å². The largest absolute Gasteiger partial charge is 0.478 e. The fourth-order valence-corrected chi connectivity index (χ4v) is 4.13. The SMILES string of the molecule is Cc1cc(C(=O)O)c(Nc2cc(=O)n(-c3ccccc3)c(C3CCC3)n2)s1. The van der Waals surface area contributed by atoms with Gasteiger partial charge in [-0.25, -0.2) is 9.78 Å². The first-order valence-corrected chi connectivity index (χ1v) is 9.65. The van der Waals surface area contributed by atoms with Crippen LogP contribution in [0.5, 0.6) is 0 Å². The average molecular weight is 381 g/mol. The maximum Gasteiger partial charge on any atom is 0.338 e. The van der Waals surface area contributed by atoms with Crippen LogP contribution in [0.1, 0.15) is 46.2 Å². The molecule has 6 nitrogen and oxygen atoms in total. The fourth-order valence-electron chi connectivity index (χ4n) is 3.22. The number of nitrogens with zero attached hydrogens (tertiary/aromatic N) is 2. The minimum Gasteiger partial charge on any atom is -0.478 e. The molecule has 1 saturated carbocycles. The number of carboxylic acids is 1. The molecule has 0 aliphatic heterocycles. The second kappa shape index (κ2) is 7.00. The first-order chi connectivity index (χ1) is 13.0. The Balaban J connectivity index is 1.79. The average Bonchev–Trinajstić information content (AvgIpc) is 2.94. The molecule has 1 aliphatic carbocycles. The van der Waals surface area contributed by atoms with E-state index >= 15 is 0 Å². The number of carboxylic acid groups (broad SMARTS) is 1. The van der Waals surface area contributed by atoms with Gasteiger partial charge >= 0.3 is 5.97 Å². The van der Waals surface area contributed by atoms with E-state index in [4.69, 9.17) is 4.98 Å². The molecule has 2 aromatic heterocycles. The zero-order valence-corrected chi connectivity index (χ0v) is 15.6. The number of para-hydroxylation sites is 1. The zero-order chi connectivity index (χ0) is 19.0. The lowest BCUT2D eigenvalue weighted by atomic mass is 9.84. The van der Waals surface area contributed by atoms with Crippen molar-refractivity contribution in [3.63, 3.8) is 0 Å². The van der Waals surface area contributed by atoms with Crippen LogP contribution >= 0.6 is 11.3 Å². The van der Waals surface area contributed by atoms with Gasteiger partial charge in [0.15, 0.2) is 0 Å². The molecule has 0 amide bonds. The van der Waals surface area contributed by atoms with Crippen molar-refractivity contribution in [3.05, 3.63) is 69.1 Å². The Labute approximate surface area is 160 Å². The second-order valence-electron chi connectivity index (χ2n) is 6.67. The van der Waals surface area contributed by atoms with Crippen LogP contribution < -0.4 is 10.9 Å². The molecule has 0 unspecified atom stereocenters. The van der Waals surface area contributed by atoms with Gasteiger partial charge in [0.05, 0.1) is 11.3 Å². The van der Waals surface area contributed by atoms with Crippen molar-refractivity contribution in [2.24, 2.45) is 0 Å². The van der Waals surface area contributed by atoms with Crippen LogP contribution in [0, 0.1) is 6.92 Å². The van der Waals surface area contributed by atoms with Gasteiger partial charge in [-0.1, -0.05) is 24.6 Å². The molecule has 2 heterocycles. The first kappa shape index (κ1) is 17.5. The lowest BCUT2D eigenvalue weighted by Gasteiger charge is -2.27. The van der Waals surface area contributed by atoms with E-state index in [1.165, 1.54) is 17.4 Å². The summed E-state index contributed by atoms with van der Waals surface area (Å²) in [4.78, 5) is 29.9. The Hall–Kier alpha value is -2.93. The number of carbonyl (C=O) groups is 1. The Kier molecular flexibility index (Phi) is 4.53. The molecule has 138 valence electrons. The lowest BCUT2D eigenvalue weighted by Crippen LogP contribution is -2.27. The Morgan fingerprint density at radius 2 is 2.00 bits per heavy atom. The predicted molar refractivity (Wildman–Crippen MR) is 106 cm³/mol. The van der Waals surface area contributed by atoms with E-state index in [0.717, 1.165) is 35.7 Å². The number of benzene rings is 1. The van der Waals surface area contributed by atoms with E-state index in [-0.39, 0.29) is 17.0 Å². The molecular formula is C20H19N3O3S. The Morgan fingerprint density at radius 3 is 2.63 bits per heavy atom. The topological polar surface area (TPSA) is 84.2 Å². The third-order valence-electron chi connectivity index (χ3n) is 4.76. The molecule has 2 N–H and O–H groups in total. The summed E-state index contributed by atoms with van der Waals surface area (Å²) in [5.74, 6) is 0.355. The van der Waals surface area contributed by atoms with Gasteiger partial charge in [-0.05, 0) is 38.0 Å². The quantitative estimate of drug-likeness (QED) is 0.688. The summed E-state index contributed by atoms with van der Waals surface area (Å²) in [6.45, 7) is 1.85. The highest BCUT2D eigenvalue weighted by atomic mass is 32.1. The van der Waals surface area contributed by atoms with Gasteiger partial charge in [0.25, 0.3) is 5.56 Å². The predicted octanol–water partition coefficient (Wildman–Crippen LogP) is 4.31. The van der Waals surface area contributed by atoms with Gasteiger partial charge in [0.2, 0.25) is 0 Å². The highest BCUT2D eigenvalue weighted by Crippen LogP contribution is 2.36. The van der Waals surface area contributed by atoms with Crippen LogP contribution in [0.2, 0.25) is 0 Å². The summed E-state index contributed by atoms with van der Waals surface area (Å²) in [7, 11) is 0. The molecule has 0 radical (unpaired) electrons. The lowest BCUT2D eigenvalue weighted by molar-refractivity contribution is 0.0698. The smallest absolute Gasteiger partial charge is 0.338 e. The third-order valence-corrected chi connectivity index (χ3v) is 5.72. The summed E-state index contributed by atoms with van der Waals surface area (Å²) in [5, 5.41) is 12.9. The molecule has 3 aromatic rings. The maximum atomic E-state index is 12.9. The monoisotopic (exact) mass is 381 g/mol. The van der Waals surface area contributed by atoms with Gasteiger partial charge < -0.3 is 10.4 Å². The van der Waals surface area contributed by atoms with Crippen LogP contribution in [0.3, 0.4) is 0 Å². The molecule has 4 rings (SSSR count). The standard InChI is InChI=1S/C20H19N3O3S/c1-12-10-15(20(25)26)19(27-12)22-16-11-17(24)23(14-8-3-2-4-9-14)18(21-16)13-6-5-7-13/h2-4,8-11,13,22H,5-7H2,1H3,(H,25,26). The number of rotatable bonds is 5. The van der Waals surface area contributed by atoms with Crippen LogP contribution in [-0.4, -0.2) is 20.6 Å². The fraction of sp³-hybridized carbons (Fsp3) is 0.250. The minimum atomic E-state index is -1.00. The van der Waals surface area contributed by atoms with Crippen molar-refractivity contribution in [2.75, 3.05) is 5.32 Å². The number of aromatic nitrogens is 2. The molecule has 0 saturated heterocycles. The highest BCUT2D eigenvalue weighted by Gasteiger charge is 2.26. The van der Waals surface area contributed by atoms with Crippen molar-refractivity contribution in [1.29, 1.82) is 0 Å². The normalized spacial score (nSPS) is 14.0. The number of aromatic carboxylic acids is 1. The number of hydrogen-bond acceptors (Lipinski definition) is 5. The molecule has 1 aliphatic rings. The van der Waals surface area contributed by atoms with E-state index in [2.05, 4.69) is 5.32 Å². The van der Waals surface area contributed by atoms with Gasteiger partial charge in [-0.3, -0.25) is 9.36 Å². The van der Waals surface area contributed by atoms with Gasteiger partial charge in [-0.2, -0.15) is 0 Å². The van der Waals surface area contributed by atoms with Gasteiger partial charge in [0, 0.05) is 16.9 Å². The van der Waals surface area contributed by atoms with Crippen molar-refractivity contribution in [3.8, 4) is 5.69 Å². The van der Waals surface area contributed by atoms with E-state index in [1.807, 2.05) is 37.3 Å². The molecule has 27 heavy (non-hydrogen) atoms. The van der Waals surface area contributed by atoms with E-state index in [0.29, 0.717) is 10.8 Å². The summed E-state index contributed by atoms with van der Waals surface area (Å²) >= 11 is 1.34. The second-order valence-corrected chi connectivity index (χ2v) is 7.92. The van der Waals surface area contributed by atoms with Crippen LogP contribution in [0.25, 0.3) is 5.69 Å². The number of hydrogen-bond donors (Lipinski definition) is 2. The number of anilines is 2. The Bertz CT molecular complexity index is 1050. The highest BCUT2D eigenvalue weighted by molar-refractivity contribution is 7.16. The van der Waals surface area contributed by atoms with E-state index in [1.54, 1.807) is 10.6 Å². The van der Waals surface area contributed by atoms with Crippen molar-refractivity contribution in [2.45, 2.75) is 32.1 Å². The third kappa shape index (κ3) is 3.38. The minimum absolute atomic E-state index is 0.175. The summed E-state index contributed by atoms with van der Waals surface area (Å²) in [6.07, 6.45) is 3.13. The summed E-state index contributed by atoms with van der Waals surface area (Å²) in [5.41, 5.74) is 0.809. The Morgan fingerprint density at radius 1 is 1.26 bits per heavy atom. The van der Waals surface area contributed by atoms with Gasteiger partial charge in [0.1, 0.15) is 16.6 Å². The summed E-state index contributed by atoms with van der Waals surface area (Å²) in [6, 6.07) is 12.5. The zero-order valence-electron chi connectivity index (χ0n) is 14.8. The van der Waals surface area contributed by atoms with Crippen LogP contribution in [0.4, 0.5) is 10.8 Å². The first-order valence-electron chi connectivity index (χ1n) is 8.83. The number of aryl methyl sites for hydroxylation is 1. The molecule has 7 heteroatoms. The van der Waals surface area contributed by atoms with Crippen LogP contribution in [0.15, 0.2) is 47.3 Å². The molecule has 0 bridgehead atoms. The number of thiophene rings is 1.